The Kier molecular flexibility index (Phi) is 4.62. The van der Waals surface area contributed by atoms with Crippen LogP contribution in [-0.2, 0) is 6.54 Å². The molecule has 0 unspecified atom stereocenters. The summed E-state index contributed by atoms with van der Waals surface area (Å²) < 4.78 is 14.7. The molecule has 0 bridgehead atoms. The maximum Gasteiger partial charge on any atom is 0.276 e. The fraction of sp³-hybridized carbons (Fsp3) is 0.111. The molecule has 1 amide bonds. The number of carbonyl (C=O) groups is 1. The van der Waals surface area contributed by atoms with Crippen LogP contribution < -0.4 is 5.32 Å². The van der Waals surface area contributed by atoms with Crippen molar-refractivity contribution in [1.82, 2.24) is 9.78 Å². The second kappa shape index (κ2) is 6.84. The van der Waals surface area contributed by atoms with E-state index in [-0.39, 0.29) is 17.4 Å². The third-order valence-electron chi connectivity index (χ3n) is 3.53. The van der Waals surface area contributed by atoms with E-state index >= 15 is 0 Å². The van der Waals surface area contributed by atoms with E-state index in [4.69, 9.17) is 11.6 Å². The van der Waals surface area contributed by atoms with Crippen molar-refractivity contribution in [3.05, 3.63) is 71.1 Å². The van der Waals surface area contributed by atoms with Gasteiger partial charge in [-0.25, -0.2) is 4.39 Å². The molecule has 3 rings (SSSR count). The van der Waals surface area contributed by atoms with Gasteiger partial charge in [0.15, 0.2) is 5.69 Å². The molecule has 0 radical (unpaired) electrons. The van der Waals surface area contributed by atoms with Crippen LogP contribution in [-0.4, -0.2) is 15.7 Å². The SMILES string of the molecule is CCn1nc(C(=O)Nc2ccc(F)cc2)cc1-c1cccc(Cl)c1. The molecule has 0 saturated carbocycles. The van der Waals surface area contributed by atoms with Crippen LogP contribution in [0.5, 0.6) is 0 Å². The van der Waals surface area contributed by atoms with Crippen LogP contribution in [0.1, 0.15) is 17.4 Å². The van der Waals surface area contributed by atoms with Crippen LogP contribution in [0.3, 0.4) is 0 Å². The zero-order valence-electron chi connectivity index (χ0n) is 13.0. The van der Waals surface area contributed by atoms with Gasteiger partial charge in [0.1, 0.15) is 5.82 Å². The highest BCUT2D eigenvalue weighted by Gasteiger charge is 2.15. The molecule has 2 aromatic carbocycles. The maximum absolute atomic E-state index is 12.9. The third-order valence-corrected chi connectivity index (χ3v) is 3.77. The van der Waals surface area contributed by atoms with E-state index < -0.39 is 0 Å². The zero-order chi connectivity index (χ0) is 17.1. The van der Waals surface area contributed by atoms with Crippen molar-refractivity contribution in [2.75, 3.05) is 5.32 Å². The average molecular weight is 344 g/mol. The van der Waals surface area contributed by atoms with Gasteiger partial charge in [0.2, 0.25) is 0 Å². The summed E-state index contributed by atoms with van der Waals surface area (Å²) >= 11 is 6.04. The number of anilines is 1. The Labute approximate surface area is 143 Å². The Morgan fingerprint density at radius 1 is 1.21 bits per heavy atom. The normalized spacial score (nSPS) is 10.6. The Morgan fingerprint density at radius 2 is 1.96 bits per heavy atom. The molecule has 0 aliphatic carbocycles. The fourth-order valence-electron chi connectivity index (χ4n) is 2.38. The van der Waals surface area contributed by atoms with E-state index in [0.29, 0.717) is 17.3 Å². The second-order valence-corrected chi connectivity index (χ2v) is 5.64. The molecular formula is C18H15ClFN3O. The Balaban J connectivity index is 1.89. The Hall–Kier alpha value is -2.66. The lowest BCUT2D eigenvalue weighted by atomic mass is 10.1. The number of amides is 1. The first-order chi connectivity index (χ1) is 11.6. The molecule has 24 heavy (non-hydrogen) atoms. The molecule has 1 N–H and O–H groups in total. The first-order valence-corrected chi connectivity index (χ1v) is 7.85. The van der Waals surface area contributed by atoms with E-state index in [9.17, 15) is 9.18 Å². The molecular weight excluding hydrogens is 329 g/mol. The summed E-state index contributed by atoms with van der Waals surface area (Å²) in [6, 6.07) is 14.7. The second-order valence-electron chi connectivity index (χ2n) is 5.20. The van der Waals surface area contributed by atoms with Gasteiger partial charge in [0.25, 0.3) is 5.91 Å². The number of hydrogen-bond donors (Lipinski definition) is 1. The molecule has 1 aromatic heterocycles. The van der Waals surface area contributed by atoms with Crippen molar-refractivity contribution >= 4 is 23.2 Å². The van der Waals surface area contributed by atoms with Crippen molar-refractivity contribution in [2.45, 2.75) is 13.5 Å². The van der Waals surface area contributed by atoms with Crippen molar-refractivity contribution in [3.63, 3.8) is 0 Å². The van der Waals surface area contributed by atoms with Crippen LogP contribution in [0.4, 0.5) is 10.1 Å². The van der Waals surface area contributed by atoms with Gasteiger partial charge < -0.3 is 5.32 Å². The highest BCUT2D eigenvalue weighted by molar-refractivity contribution is 6.30. The van der Waals surface area contributed by atoms with Gasteiger partial charge in [-0.3, -0.25) is 9.48 Å². The van der Waals surface area contributed by atoms with E-state index in [1.54, 1.807) is 16.8 Å². The maximum atomic E-state index is 12.9. The third kappa shape index (κ3) is 3.46. The van der Waals surface area contributed by atoms with Crippen LogP contribution in [0.25, 0.3) is 11.3 Å². The summed E-state index contributed by atoms with van der Waals surface area (Å²) in [5.41, 5.74) is 2.50. The molecule has 122 valence electrons. The minimum atomic E-state index is -0.355. The van der Waals surface area contributed by atoms with Crippen LogP contribution in [0.2, 0.25) is 5.02 Å². The van der Waals surface area contributed by atoms with Gasteiger partial charge in [-0.15, -0.1) is 0 Å². The number of rotatable bonds is 4. The van der Waals surface area contributed by atoms with Crippen molar-refractivity contribution < 1.29 is 9.18 Å². The molecule has 6 heteroatoms. The molecule has 0 spiro atoms. The smallest absolute Gasteiger partial charge is 0.276 e. The summed E-state index contributed by atoms with van der Waals surface area (Å²) in [6.07, 6.45) is 0. The molecule has 1 heterocycles. The van der Waals surface area contributed by atoms with E-state index in [1.165, 1.54) is 24.3 Å². The summed E-state index contributed by atoms with van der Waals surface area (Å²) in [5.74, 6) is -0.705. The van der Waals surface area contributed by atoms with Crippen LogP contribution >= 0.6 is 11.6 Å². The highest BCUT2D eigenvalue weighted by Crippen LogP contribution is 2.24. The number of carbonyl (C=O) groups excluding carboxylic acids is 1. The molecule has 0 saturated heterocycles. The van der Waals surface area contributed by atoms with E-state index in [0.717, 1.165) is 11.3 Å². The minimum absolute atomic E-state index is 0.288. The monoisotopic (exact) mass is 343 g/mol. The molecule has 0 aliphatic rings. The van der Waals surface area contributed by atoms with Gasteiger partial charge in [0.05, 0.1) is 5.69 Å². The number of nitrogens with one attached hydrogen (secondary N) is 1. The minimum Gasteiger partial charge on any atom is -0.321 e. The van der Waals surface area contributed by atoms with Gasteiger partial charge >= 0.3 is 0 Å². The van der Waals surface area contributed by atoms with E-state index in [2.05, 4.69) is 10.4 Å². The predicted octanol–water partition coefficient (Wildman–Crippen LogP) is 4.61. The lowest BCUT2D eigenvalue weighted by Crippen LogP contribution is -2.13. The van der Waals surface area contributed by atoms with Crippen molar-refractivity contribution in [2.24, 2.45) is 0 Å². The lowest BCUT2D eigenvalue weighted by molar-refractivity contribution is 0.102. The van der Waals surface area contributed by atoms with Gasteiger partial charge in [-0.2, -0.15) is 5.10 Å². The molecule has 4 nitrogen and oxygen atoms in total. The summed E-state index contributed by atoms with van der Waals surface area (Å²) in [4.78, 5) is 12.4. The van der Waals surface area contributed by atoms with Crippen LogP contribution in [0, 0.1) is 5.82 Å². The summed E-state index contributed by atoms with van der Waals surface area (Å²) in [6.45, 7) is 2.56. The molecule has 0 atom stereocenters. The number of aryl methyl sites for hydroxylation is 1. The summed E-state index contributed by atoms with van der Waals surface area (Å²) in [5, 5.41) is 7.66. The van der Waals surface area contributed by atoms with Gasteiger partial charge in [0, 0.05) is 22.8 Å². The number of benzene rings is 2. The number of nitrogens with zero attached hydrogens (tertiary/aromatic N) is 2. The molecule has 3 aromatic rings. The summed E-state index contributed by atoms with van der Waals surface area (Å²) in [7, 11) is 0. The topological polar surface area (TPSA) is 46.9 Å². The number of aromatic nitrogens is 2. The predicted molar refractivity (Wildman–Crippen MR) is 92.7 cm³/mol. The van der Waals surface area contributed by atoms with Crippen molar-refractivity contribution in [1.29, 1.82) is 0 Å². The van der Waals surface area contributed by atoms with E-state index in [1.807, 2.05) is 25.1 Å². The largest absolute Gasteiger partial charge is 0.321 e. The van der Waals surface area contributed by atoms with Gasteiger partial charge in [-0.05, 0) is 49.4 Å². The van der Waals surface area contributed by atoms with Gasteiger partial charge in [-0.1, -0.05) is 23.7 Å². The quantitative estimate of drug-likeness (QED) is 0.751. The Morgan fingerprint density at radius 3 is 2.62 bits per heavy atom. The first-order valence-electron chi connectivity index (χ1n) is 7.47. The lowest BCUT2D eigenvalue weighted by Gasteiger charge is -2.04. The van der Waals surface area contributed by atoms with Crippen LogP contribution in [0.15, 0.2) is 54.6 Å². The fourth-order valence-corrected chi connectivity index (χ4v) is 2.57. The molecule has 0 fully saturated rings. The number of halogens is 2. The standard InChI is InChI=1S/C18H15ClFN3O/c1-2-23-17(12-4-3-5-13(19)10-12)11-16(22-23)18(24)21-15-8-6-14(20)7-9-15/h3-11H,2H2,1H3,(H,21,24). The molecule has 0 aliphatic heterocycles. The van der Waals surface area contributed by atoms with Crippen molar-refractivity contribution in [3.8, 4) is 11.3 Å². The number of hydrogen-bond acceptors (Lipinski definition) is 2. The first kappa shape index (κ1) is 16.2. The Bertz CT molecular complexity index is 874. The average Bonchev–Trinajstić information content (AvgIpc) is 3.01. The zero-order valence-corrected chi connectivity index (χ0v) is 13.7. The highest BCUT2D eigenvalue weighted by atomic mass is 35.5.